The lowest BCUT2D eigenvalue weighted by Crippen LogP contribution is -2.69. The molecule has 1 aromatic heterocycles. The molecule has 1 N–H and O–H groups in total. The van der Waals surface area contributed by atoms with Crippen LogP contribution in [0.15, 0.2) is 24.2 Å². The molecule has 6 rings (SSSR count). The minimum Gasteiger partial charge on any atom is -0.481 e. The van der Waals surface area contributed by atoms with E-state index in [4.69, 9.17) is 4.98 Å². The van der Waals surface area contributed by atoms with Crippen LogP contribution in [0.5, 0.6) is 0 Å². The summed E-state index contributed by atoms with van der Waals surface area (Å²) in [6.07, 6.45) is 12.6. The number of allylic oxidation sites excluding steroid dienone is 2. The molecule has 5 aliphatic rings. The second-order valence-corrected chi connectivity index (χ2v) is 18.7. The van der Waals surface area contributed by atoms with Crippen LogP contribution in [-0.2, 0) is 26.5 Å². The van der Waals surface area contributed by atoms with Gasteiger partial charge in [-0.3, -0.25) is 4.79 Å². The van der Waals surface area contributed by atoms with Gasteiger partial charge in [0.25, 0.3) is 0 Å². The van der Waals surface area contributed by atoms with E-state index in [2.05, 4.69) is 52.6 Å². The van der Waals surface area contributed by atoms with Gasteiger partial charge in [-0.05, 0) is 97.9 Å². The third kappa shape index (κ3) is 3.31. The van der Waals surface area contributed by atoms with Crippen molar-refractivity contribution in [3.05, 3.63) is 35.4 Å². The highest BCUT2D eigenvalue weighted by atomic mass is 32.2. The molecular weight excluding hydrogens is 532 g/mol. The molecule has 41 heavy (non-hydrogen) atoms. The van der Waals surface area contributed by atoms with Gasteiger partial charge in [0.15, 0.2) is 9.84 Å². The Morgan fingerprint density at radius 2 is 1.73 bits per heavy atom. The van der Waals surface area contributed by atoms with Crippen LogP contribution in [0.1, 0.15) is 112 Å². The third-order valence-corrected chi connectivity index (χ3v) is 17.3. The second kappa shape index (κ2) is 8.66. The van der Waals surface area contributed by atoms with Crippen molar-refractivity contribution in [1.82, 2.24) is 9.97 Å². The van der Waals surface area contributed by atoms with Crippen LogP contribution in [0.25, 0.3) is 0 Å². The molecule has 0 saturated heterocycles. The molecule has 5 aliphatic carbocycles. The minimum absolute atomic E-state index is 0.0409. The van der Waals surface area contributed by atoms with E-state index >= 15 is 0 Å². The van der Waals surface area contributed by atoms with Crippen LogP contribution in [0.4, 0.5) is 0 Å². The summed E-state index contributed by atoms with van der Waals surface area (Å²) in [6.45, 7) is 17.8. The molecule has 7 heteroatoms. The lowest BCUT2D eigenvalue weighted by atomic mass is 9.33. The highest BCUT2D eigenvalue weighted by molar-refractivity contribution is 7.92. The number of carboxylic acids is 1. The largest absolute Gasteiger partial charge is 0.481 e. The number of fused-ring (bicyclic) bond motifs is 8. The fourth-order valence-corrected chi connectivity index (χ4v) is 14.1. The molecule has 6 nitrogen and oxygen atoms in total. The third-order valence-electron chi connectivity index (χ3n) is 14.6. The Labute approximate surface area is 247 Å². The van der Waals surface area contributed by atoms with Crippen molar-refractivity contribution in [1.29, 1.82) is 0 Å². The Kier molecular flexibility index (Phi) is 6.19. The summed E-state index contributed by atoms with van der Waals surface area (Å²) < 4.78 is 27.0. The standard InChI is InChI=1S/C34H50N2O4S/c1-9-41(39,40)33(8)21(2)12-15-34(28(37)38)17-16-31(6)23(26(33)34)10-11-25-30(5)18-22-19-35-20-36-27(22)29(3,4)24(30)13-14-32(25,31)7/h10,19-21,24-26H,9,11-18H2,1-8H3,(H,37,38). The van der Waals surface area contributed by atoms with Gasteiger partial charge in [0.1, 0.15) is 6.33 Å². The maximum atomic E-state index is 14.0. The Morgan fingerprint density at radius 3 is 2.39 bits per heavy atom. The molecule has 0 aliphatic heterocycles. The topological polar surface area (TPSA) is 97.2 Å². The predicted molar refractivity (Wildman–Crippen MR) is 161 cm³/mol. The van der Waals surface area contributed by atoms with E-state index in [1.54, 1.807) is 13.3 Å². The summed E-state index contributed by atoms with van der Waals surface area (Å²) in [7, 11) is -3.54. The molecular formula is C34H50N2O4S. The van der Waals surface area contributed by atoms with E-state index in [0.29, 0.717) is 31.1 Å². The lowest BCUT2D eigenvalue weighted by molar-refractivity contribution is -0.177. The quantitative estimate of drug-likeness (QED) is 0.394. The minimum atomic E-state index is -3.54. The Morgan fingerprint density at radius 1 is 1.02 bits per heavy atom. The smallest absolute Gasteiger partial charge is 0.310 e. The van der Waals surface area contributed by atoms with Crippen molar-refractivity contribution in [2.45, 2.75) is 117 Å². The zero-order valence-corrected chi connectivity index (χ0v) is 27.2. The fraction of sp³-hybridized carbons (Fsp3) is 0.794. The Bertz CT molecular complexity index is 1440. The van der Waals surface area contributed by atoms with Gasteiger partial charge in [0.2, 0.25) is 0 Å². The molecule has 0 spiro atoms. The van der Waals surface area contributed by atoms with E-state index in [-0.39, 0.29) is 33.3 Å². The van der Waals surface area contributed by atoms with Gasteiger partial charge in [-0.1, -0.05) is 60.1 Å². The summed E-state index contributed by atoms with van der Waals surface area (Å²) in [5.74, 6) is -0.467. The number of carboxylic acid groups (broad SMARTS) is 1. The molecule has 1 heterocycles. The van der Waals surface area contributed by atoms with Gasteiger partial charge in [-0.2, -0.15) is 0 Å². The number of hydrogen-bond donors (Lipinski definition) is 1. The number of aliphatic carboxylic acids is 1. The van der Waals surface area contributed by atoms with Gasteiger partial charge >= 0.3 is 5.97 Å². The maximum Gasteiger partial charge on any atom is 0.310 e. The van der Waals surface area contributed by atoms with E-state index in [1.807, 2.05) is 13.1 Å². The summed E-state index contributed by atoms with van der Waals surface area (Å²) in [6, 6.07) is 0. The monoisotopic (exact) mass is 582 g/mol. The molecule has 0 amide bonds. The Balaban J connectivity index is 1.54. The van der Waals surface area contributed by atoms with Gasteiger partial charge < -0.3 is 5.11 Å². The first kappa shape index (κ1) is 29.3. The van der Waals surface area contributed by atoms with Gasteiger partial charge in [-0.25, -0.2) is 18.4 Å². The summed E-state index contributed by atoms with van der Waals surface area (Å²) >= 11 is 0. The van der Waals surface area contributed by atoms with E-state index in [0.717, 1.165) is 37.7 Å². The van der Waals surface area contributed by atoms with Crippen molar-refractivity contribution < 1.29 is 18.3 Å². The normalized spacial score (nSPS) is 46.6. The average Bonchev–Trinajstić information content (AvgIpc) is 2.90. The van der Waals surface area contributed by atoms with Gasteiger partial charge in [0, 0.05) is 23.3 Å². The highest BCUT2D eigenvalue weighted by Crippen LogP contribution is 2.76. The molecule has 3 fully saturated rings. The zero-order valence-electron chi connectivity index (χ0n) is 26.4. The van der Waals surface area contributed by atoms with Crippen LogP contribution in [0, 0.1) is 45.3 Å². The molecule has 3 saturated carbocycles. The van der Waals surface area contributed by atoms with Crippen molar-refractivity contribution >= 4 is 15.8 Å². The van der Waals surface area contributed by atoms with E-state index in [9.17, 15) is 18.3 Å². The van der Waals surface area contributed by atoms with Crippen molar-refractivity contribution in [3.8, 4) is 0 Å². The van der Waals surface area contributed by atoms with E-state index in [1.165, 1.54) is 11.3 Å². The van der Waals surface area contributed by atoms with Crippen molar-refractivity contribution in [2.24, 2.45) is 45.3 Å². The number of rotatable bonds is 3. The number of aromatic nitrogens is 2. The maximum absolute atomic E-state index is 14.0. The lowest BCUT2D eigenvalue weighted by Gasteiger charge is -2.71. The molecule has 1 aromatic rings. The Hall–Kier alpha value is -1.76. The summed E-state index contributed by atoms with van der Waals surface area (Å²) in [5.41, 5.74) is 2.24. The number of nitrogens with zero attached hydrogens (tertiary/aromatic N) is 2. The zero-order chi connectivity index (χ0) is 30.0. The number of sulfone groups is 1. The average molecular weight is 583 g/mol. The first-order valence-corrected chi connectivity index (χ1v) is 17.6. The fourth-order valence-electron chi connectivity index (χ4n) is 12.1. The van der Waals surface area contributed by atoms with Gasteiger partial charge in [0.05, 0.1) is 15.9 Å². The second-order valence-electron chi connectivity index (χ2n) is 16.0. The predicted octanol–water partition coefficient (Wildman–Crippen LogP) is 6.79. The van der Waals surface area contributed by atoms with Crippen LogP contribution in [0.2, 0.25) is 0 Å². The van der Waals surface area contributed by atoms with Crippen LogP contribution in [-0.4, -0.2) is 40.0 Å². The first-order chi connectivity index (χ1) is 19.0. The highest BCUT2D eigenvalue weighted by Gasteiger charge is 2.73. The number of carbonyl (C=O) groups is 1. The number of hydrogen-bond acceptors (Lipinski definition) is 5. The van der Waals surface area contributed by atoms with Crippen LogP contribution < -0.4 is 0 Å². The van der Waals surface area contributed by atoms with Crippen LogP contribution >= 0.6 is 0 Å². The summed E-state index contributed by atoms with van der Waals surface area (Å²) in [4.78, 5) is 22.5. The molecule has 0 aromatic carbocycles. The SMILES string of the molecule is CCS(=O)(=O)C1(C)C(C)CCC2(C(=O)O)CCC3(C)C(=CCC4C5(C)Cc6cncnc6C(C)(C)C5CCC43C)C21. The van der Waals surface area contributed by atoms with Crippen LogP contribution in [0.3, 0.4) is 0 Å². The molecule has 0 bridgehead atoms. The van der Waals surface area contributed by atoms with Crippen molar-refractivity contribution in [3.63, 3.8) is 0 Å². The molecule has 226 valence electrons. The molecule has 9 atom stereocenters. The first-order valence-electron chi connectivity index (χ1n) is 15.9. The summed E-state index contributed by atoms with van der Waals surface area (Å²) in [5, 5.41) is 10.9. The van der Waals surface area contributed by atoms with E-state index < -0.39 is 31.9 Å². The molecule has 0 radical (unpaired) electrons. The molecule has 9 unspecified atom stereocenters. The van der Waals surface area contributed by atoms with Crippen molar-refractivity contribution in [2.75, 3.05) is 5.75 Å². The van der Waals surface area contributed by atoms with Gasteiger partial charge in [-0.15, -0.1) is 0 Å².